The third-order valence-corrected chi connectivity index (χ3v) is 4.67. The lowest BCUT2D eigenvalue weighted by Gasteiger charge is -2.27. The molecule has 1 atom stereocenters. The first-order valence-electron chi connectivity index (χ1n) is 9.12. The summed E-state index contributed by atoms with van der Waals surface area (Å²) in [5.41, 5.74) is -0.169. The van der Waals surface area contributed by atoms with Crippen molar-refractivity contribution in [2.45, 2.75) is 53.1 Å². The number of hydrogen-bond donors (Lipinski definition) is 0. The lowest BCUT2D eigenvalue weighted by atomic mass is 9.97. The molecule has 1 aliphatic heterocycles. The van der Waals surface area contributed by atoms with Gasteiger partial charge in [0.1, 0.15) is 5.82 Å². The standard InChI is InChI=1S/C17H26N6O3/c1-5-22(10-13-18-15(26-20-13)8-11(2)3)16(24)12-6-7-14-19-21(4)17(25)23(14)9-12/h11-12H,5-10H2,1-4H3/t12-/m1/s1. The number of hydrogen-bond acceptors (Lipinski definition) is 6. The summed E-state index contributed by atoms with van der Waals surface area (Å²) in [7, 11) is 1.63. The number of amides is 1. The van der Waals surface area contributed by atoms with Crippen molar-refractivity contribution in [1.82, 2.24) is 29.4 Å². The van der Waals surface area contributed by atoms with Crippen LogP contribution in [0.1, 0.15) is 44.7 Å². The predicted octanol–water partition coefficient (Wildman–Crippen LogP) is 0.774. The molecule has 0 bridgehead atoms. The van der Waals surface area contributed by atoms with Crippen molar-refractivity contribution < 1.29 is 9.32 Å². The smallest absolute Gasteiger partial charge is 0.339 e. The van der Waals surface area contributed by atoms with E-state index < -0.39 is 0 Å². The molecular weight excluding hydrogens is 336 g/mol. The van der Waals surface area contributed by atoms with Crippen molar-refractivity contribution in [3.63, 3.8) is 0 Å². The van der Waals surface area contributed by atoms with Crippen LogP contribution >= 0.6 is 0 Å². The van der Waals surface area contributed by atoms with Crippen molar-refractivity contribution in [3.8, 4) is 0 Å². The third-order valence-electron chi connectivity index (χ3n) is 4.67. The molecule has 9 nitrogen and oxygen atoms in total. The average Bonchev–Trinajstić information content (AvgIpc) is 3.15. The minimum absolute atomic E-state index is 0.0177. The normalized spacial score (nSPS) is 16.7. The highest BCUT2D eigenvalue weighted by molar-refractivity contribution is 5.78. The van der Waals surface area contributed by atoms with E-state index in [9.17, 15) is 9.59 Å². The fraction of sp³-hybridized carbons (Fsp3) is 0.706. The summed E-state index contributed by atoms with van der Waals surface area (Å²) in [5.74, 6) is 2.09. The number of carbonyl (C=O) groups excluding carboxylic acids is 1. The van der Waals surface area contributed by atoms with Crippen LogP contribution in [-0.2, 0) is 37.8 Å². The molecular formula is C17H26N6O3. The van der Waals surface area contributed by atoms with Gasteiger partial charge in [-0.3, -0.25) is 9.36 Å². The third kappa shape index (κ3) is 3.71. The zero-order chi connectivity index (χ0) is 18.8. The van der Waals surface area contributed by atoms with Gasteiger partial charge in [0.15, 0.2) is 5.82 Å². The maximum atomic E-state index is 12.9. The van der Waals surface area contributed by atoms with E-state index in [0.717, 1.165) is 12.2 Å². The number of nitrogens with zero attached hydrogens (tertiary/aromatic N) is 6. The highest BCUT2D eigenvalue weighted by Gasteiger charge is 2.30. The van der Waals surface area contributed by atoms with E-state index in [4.69, 9.17) is 4.52 Å². The van der Waals surface area contributed by atoms with Gasteiger partial charge in [-0.15, -0.1) is 0 Å². The van der Waals surface area contributed by atoms with Crippen LogP contribution in [0.4, 0.5) is 0 Å². The molecule has 1 amide bonds. The Hall–Kier alpha value is -2.45. The van der Waals surface area contributed by atoms with E-state index in [-0.39, 0.29) is 17.5 Å². The van der Waals surface area contributed by atoms with Gasteiger partial charge in [0.25, 0.3) is 0 Å². The number of aryl methyl sites for hydroxylation is 2. The van der Waals surface area contributed by atoms with Crippen molar-refractivity contribution in [2.24, 2.45) is 18.9 Å². The molecule has 0 radical (unpaired) electrons. The van der Waals surface area contributed by atoms with Gasteiger partial charge in [-0.1, -0.05) is 19.0 Å². The summed E-state index contributed by atoms with van der Waals surface area (Å²) in [6, 6.07) is 0. The quantitative estimate of drug-likeness (QED) is 0.753. The van der Waals surface area contributed by atoms with Crippen LogP contribution in [0, 0.1) is 11.8 Å². The van der Waals surface area contributed by atoms with Crippen LogP contribution in [0.25, 0.3) is 0 Å². The molecule has 2 aromatic heterocycles. The Bertz CT molecular complexity index is 834. The van der Waals surface area contributed by atoms with E-state index in [2.05, 4.69) is 29.1 Å². The molecule has 1 aliphatic rings. The number of aromatic nitrogens is 5. The molecule has 0 unspecified atom stereocenters. The highest BCUT2D eigenvalue weighted by Crippen LogP contribution is 2.20. The zero-order valence-electron chi connectivity index (χ0n) is 15.8. The molecule has 0 aromatic carbocycles. The van der Waals surface area contributed by atoms with Crippen molar-refractivity contribution >= 4 is 5.91 Å². The Kier molecular flexibility index (Phi) is 5.24. The second kappa shape index (κ2) is 7.43. The summed E-state index contributed by atoms with van der Waals surface area (Å²) >= 11 is 0. The van der Waals surface area contributed by atoms with Gasteiger partial charge in [-0.2, -0.15) is 10.1 Å². The molecule has 2 aromatic rings. The van der Waals surface area contributed by atoms with Gasteiger partial charge < -0.3 is 9.42 Å². The molecule has 0 fully saturated rings. The second-order valence-corrected chi connectivity index (χ2v) is 7.22. The summed E-state index contributed by atoms with van der Waals surface area (Å²) in [4.78, 5) is 31.2. The summed E-state index contributed by atoms with van der Waals surface area (Å²) in [6.45, 7) is 7.35. The Balaban J connectivity index is 1.68. The van der Waals surface area contributed by atoms with Crippen LogP contribution in [0.15, 0.2) is 9.32 Å². The summed E-state index contributed by atoms with van der Waals surface area (Å²) < 4.78 is 8.19. The van der Waals surface area contributed by atoms with E-state index in [1.54, 1.807) is 16.5 Å². The first kappa shape index (κ1) is 18.3. The zero-order valence-corrected chi connectivity index (χ0v) is 15.8. The molecule has 3 heterocycles. The Morgan fingerprint density at radius 1 is 1.42 bits per heavy atom. The fourth-order valence-electron chi connectivity index (χ4n) is 3.30. The molecule has 26 heavy (non-hydrogen) atoms. The van der Waals surface area contributed by atoms with E-state index in [1.165, 1.54) is 4.68 Å². The molecule has 0 N–H and O–H groups in total. The van der Waals surface area contributed by atoms with Gasteiger partial charge in [-0.25, -0.2) is 9.48 Å². The number of fused-ring (bicyclic) bond motifs is 1. The fourth-order valence-corrected chi connectivity index (χ4v) is 3.30. The lowest BCUT2D eigenvalue weighted by molar-refractivity contribution is -0.137. The predicted molar refractivity (Wildman–Crippen MR) is 93.2 cm³/mol. The molecule has 0 aliphatic carbocycles. The van der Waals surface area contributed by atoms with Gasteiger partial charge in [-0.05, 0) is 19.3 Å². The van der Waals surface area contributed by atoms with Gasteiger partial charge in [0, 0.05) is 33.0 Å². The Morgan fingerprint density at radius 2 is 2.19 bits per heavy atom. The first-order valence-corrected chi connectivity index (χ1v) is 9.12. The molecule has 3 rings (SSSR count). The van der Waals surface area contributed by atoms with Crippen molar-refractivity contribution in [1.29, 1.82) is 0 Å². The molecule has 9 heteroatoms. The molecule has 142 valence electrons. The van der Waals surface area contributed by atoms with Gasteiger partial charge in [0.2, 0.25) is 11.8 Å². The topological polar surface area (TPSA) is 99.1 Å². The SMILES string of the molecule is CCN(Cc1noc(CC(C)C)n1)C(=O)[C@@H]1CCc2nn(C)c(=O)n2C1. The van der Waals surface area contributed by atoms with Crippen molar-refractivity contribution in [2.75, 3.05) is 6.54 Å². The van der Waals surface area contributed by atoms with Crippen LogP contribution < -0.4 is 5.69 Å². The Morgan fingerprint density at radius 3 is 2.88 bits per heavy atom. The van der Waals surface area contributed by atoms with Crippen LogP contribution in [-0.4, -0.2) is 41.8 Å². The number of rotatable bonds is 6. The van der Waals surface area contributed by atoms with Gasteiger partial charge >= 0.3 is 5.69 Å². The summed E-state index contributed by atoms with van der Waals surface area (Å²) in [5, 5.41) is 8.20. The largest absolute Gasteiger partial charge is 0.345 e. The van der Waals surface area contributed by atoms with E-state index in [1.807, 2.05) is 6.92 Å². The summed E-state index contributed by atoms with van der Waals surface area (Å²) in [6.07, 6.45) is 2.05. The van der Waals surface area contributed by atoms with Crippen LogP contribution in [0.2, 0.25) is 0 Å². The maximum Gasteiger partial charge on any atom is 0.345 e. The van der Waals surface area contributed by atoms with Crippen LogP contribution in [0.5, 0.6) is 0 Å². The lowest BCUT2D eigenvalue weighted by Crippen LogP contribution is -2.41. The Labute approximate surface area is 152 Å². The minimum atomic E-state index is -0.230. The molecule has 0 spiro atoms. The van der Waals surface area contributed by atoms with Gasteiger partial charge in [0.05, 0.1) is 12.5 Å². The average molecular weight is 362 g/mol. The van der Waals surface area contributed by atoms with E-state index in [0.29, 0.717) is 50.1 Å². The molecule has 0 saturated heterocycles. The number of carbonyl (C=O) groups is 1. The maximum absolute atomic E-state index is 12.9. The first-order chi connectivity index (χ1) is 12.4. The second-order valence-electron chi connectivity index (χ2n) is 7.22. The minimum Gasteiger partial charge on any atom is -0.339 e. The van der Waals surface area contributed by atoms with Crippen LogP contribution in [0.3, 0.4) is 0 Å². The van der Waals surface area contributed by atoms with E-state index >= 15 is 0 Å². The van der Waals surface area contributed by atoms with Crippen molar-refractivity contribution in [3.05, 3.63) is 28.0 Å². The molecule has 0 saturated carbocycles. The monoisotopic (exact) mass is 362 g/mol. The highest BCUT2D eigenvalue weighted by atomic mass is 16.5.